The summed E-state index contributed by atoms with van der Waals surface area (Å²) >= 11 is 1.18. The molecule has 7 heteroatoms. The summed E-state index contributed by atoms with van der Waals surface area (Å²) in [4.78, 5) is 36.6. The molecule has 0 bridgehead atoms. The average Bonchev–Trinajstić information content (AvgIpc) is 3.20. The summed E-state index contributed by atoms with van der Waals surface area (Å²) in [6.07, 6.45) is 0. The molecule has 0 aliphatic carbocycles. The summed E-state index contributed by atoms with van der Waals surface area (Å²) < 4.78 is 19.1. The molecule has 0 saturated carbocycles. The fourth-order valence-corrected chi connectivity index (χ4v) is 3.93. The van der Waals surface area contributed by atoms with Gasteiger partial charge in [-0.15, -0.1) is 11.3 Å². The fourth-order valence-electron chi connectivity index (χ4n) is 2.99. The zero-order valence-electron chi connectivity index (χ0n) is 14.2. The van der Waals surface area contributed by atoms with Crippen molar-refractivity contribution >= 4 is 44.8 Å². The van der Waals surface area contributed by atoms with Crippen molar-refractivity contribution in [2.45, 2.75) is 12.8 Å². The molecular formula is C20H14FNO4S. The Hall–Kier alpha value is -3.06. The van der Waals surface area contributed by atoms with Crippen molar-refractivity contribution in [2.75, 3.05) is 11.9 Å². The first-order valence-corrected chi connectivity index (χ1v) is 9.08. The molecule has 0 fully saturated rings. The summed E-state index contributed by atoms with van der Waals surface area (Å²) in [7, 11) is 0. The highest BCUT2D eigenvalue weighted by molar-refractivity contribution is 7.20. The molecule has 3 aromatic rings. The molecule has 0 saturated heterocycles. The zero-order valence-corrected chi connectivity index (χ0v) is 15.1. The molecule has 1 N–H and O–H groups in total. The highest BCUT2D eigenvalue weighted by atomic mass is 32.1. The van der Waals surface area contributed by atoms with Crippen molar-refractivity contribution in [1.82, 2.24) is 0 Å². The van der Waals surface area contributed by atoms with Gasteiger partial charge in [0.1, 0.15) is 10.7 Å². The van der Waals surface area contributed by atoms with E-state index in [0.717, 1.165) is 10.3 Å². The second-order valence-corrected chi connectivity index (χ2v) is 7.39. The molecule has 2 aromatic carbocycles. The first kappa shape index (κ1) is 17.4. The number of nitrogens with one attached hydrogen (secondary N) is 1. The second kappa shape index (κ2) is 6.59. The summed E-state index contributed by atoms with van der Waals surface area (Å²) in [6, 6.07) is 10.7. The first-order chi connectivity index (χ1) is 12.9. The number of anilines is 1. The third-order valence-corrected chi connectivity index (χ3v) is 5.60. The van der Waals surface area contributed by atoms with Gasteiger partial charge in [0.05, 0.1) is 5.92 Å². The molecule has 5 nitrogen and oxygen atoms in total. The Balaban J connectivity index is 1.46. The van der Waals surface area contributed by atoms with Gasteiger partial charge in [0.2, 0.25) is 5.91 Å². The van der Waals surface area contributed by atoms with E-state index < -0.39 is 12.6 Å². The normalized spacial score (nSPS) is 15.5. The maximum Gasteiger partial charge on any atom is 0.348 e. The number of hydrogen-bond donors (Lipinski definition) is 1. The van der Waals surface area contributed by atoms with Gasteiger partial charge in [-0.25, -0.2) is 9.18 Å². The van der Waals surface area contributed by atoms with Crippen LogP contribution in [0, 0.1) is 5.82 Å². The van der Waals surface area contributed by atoms with E-state index in [2.05, 4.69) is 5.32 Å². The van der Waals surface area contributed by atoms with E-state index in [1.165, 1.54) is 23.5 Å². The molecular weight excluding hydrogens is 369 g/mol. The Bertz CT molecular complexity index is 1100. The summed E-state index contributed by atoms with van der Waals surface area (Å²) in [5.41, 5.74) is 1.82. The van der Waals surface area contributed by atoms with E-state index in [1.54, 1.807) is 37.3 Å². The monoisotopic (exact) mass is 383 g/mol. The number of carbonyl (C=O) groups excluding carboxylic acids is 3. The number of esters is 1. The standard InChI is InChI=1S/C20H14FNO4S/c1-10-14-7-11(2-4-15(14)22-19(10)24)16(23)9-26-20(25)18-8-12-6-13(21)3-5-17(12)27-18/h2-8,10H,9H2,1H3,(H,22,24)/t10-/m1/s1. The first-order valence-electron chi connectivity index (χ1n) is 8.26. The Kier molecular flexibility index (Phi) is 4.24. The highest BCUT2D eigenvalue weighted by Gasteiger charge is 2.27. The van der Waals surface area contributed by atoms with Crippen LogP contribution in [0.1, 0.15) is 38.4 Å². The van der Waals surface area contributed by atoms with E-state index in [4.69, 9.17) is 4.74 Å². The molecule has 0 radical (unpaired) electrons. The lowest BCUT2D eigenvalue weighted by Crippen LogP contribution is -2.13. The van der Waals surface area contributed by atoms with Crippen LogP contribution in [0.5, 0.6) is 0 Å². The van der Waals surface area contributed by atoms with Gasteiger partial charge in [-0.3, -0.25) is 9.59 Å². The van der Waals surface area contributed by atoms with Crippen molar-refractivity contribution in [1.29, 1.82) is 0 Å². The number of ketones is 1. The third-order valence-electron chi connectivity index (χ3n) is 4.51. The minimum Gasteiger partial charge on any atom is -0.453 e. The lowest BCUT2D eigenvalue weighted by molar-refractivity contribution is -0.116. The number of halogens is 1. The Morgan fingerprint density at radius 3 is 2.81 bits per heavy atom. The van der Waals surface area contributed by atoms with Crippen LogP contribution in [-0.4, -0.2) is 24.3 Å². The Labute approximate surface area is 157 Å². The Morgan fingerprint density at radius 1 is 1.19 bits per heavy atom. The number of rotatable bonds is 4. The predicted octanol–water partition coefficient (Wildman–Crippen LogP) is 4.14. The van der Waals surface area contributed by atoms with Crippen LogP contribution in [0.25, 0.3) is 10.1 Å². The van der Waals surface area contributed by atoms with Crippen LogP contribution >= 0.6 is 11.3 Å². The molecule has 27 heavy (non-hydrogen) atoms. The quantitative estimate of drug-likeness (QED) is 0.543. The average molecular weight is 383 g/mol. The van der Waals surface area contributed by atoms with Crippen LogP contribution < -0.4 is 5.32 Å². The number of thiophene rings is 1. The number of carbonyl (C=O) groups is 3. The van der Waals surface area contributed by atoms with Crippen molar-refractivity contribution in [3.63, 3.8) is 0 Å². The van der Waals surface area contributed by atoms with Crippen molar-refractivity contribution in [2.24, 2.45) is 0 Å². The van der Waals surface area contributed by atoms with Crippen LogP contribution in [0.2, 0.25) is 0 Å². The number of fused-ring (bicyclic) bond motifs is 2. The van der Waals surface area contributed by atoms with Gasteiger partial charge in [0, 0.05) is 16.0 Å². The van der Waals surface area contributed by atoms with Gasteiger partial charge in [0.15, 0.2) is 12.4 Å². The van der Waals surface area contributed by atoms with Crippen LogP contribution in [0.3, 0.4) is 0 Å². The van der Waals surface area contributed by atoms with E-state index in [-0.39, 0.29) is 23.4 Å². The molecule has 0 spiro atoms. The number of amides is 1. The minimum atomic E-state index is -0.628. The zero-order chi connectivity index (χ0) is 19.1. The van der Waals surface area contributed by atoms with E-state index in [0.29, 0.717) is 21.5 Å². The largest absolute Gasteiger partial charge is 0.453 e. The molecule has 2 heterocycles. The molecule has 1 atom stereocenters. The molecule has 0 unspecified atom stereocenters. The SMILES string of the molecule is C[C@H]1C(=O)Nc2ccc(C(=O)COC(=O)c3cc4cc(F)ccc4s3)cc21. The lowest BCUT2D eigenvalue weighted by Gasteiger charge is -2.06. The molecule has 1 aromatic heterocycles. The topological polar surface area (TPSA) is 72.5 Å². The Morgan fingerprint density at radius 2 is 2.00 bits per heavy atom. The fraction of sp³-hybridized carbons (Fsp3) is 0.150. The molecule has 1 aliphatic heterocycles. The maximum atomic E-state index is 13.3. The van der Waals surface area contributed by atoms with Gasteiger partial charge >= 0.3 is 5.97 Å². The smallest absolute Gasteiger partial charge is 0.348 e. The molecule has 1 amide bonds. The molecule has 136 valence electrons. The lowest BCUT2D eigenvalue weighted by atomic mass is 9.99. The summed E-state index contributed by atoms with van der Waals surface area (Å²) in [5, 5.41) is 3.35. The van der Waals surface area contributed by atoms with E-state index >= 15 is 0 Å². The van der Waals surface area contributed by atoms with Crippen molar-refractivity contribution in [3.8, 4) is 0 Å². The van der Waals surface area contributed by atoms with Crippen LogP contribution in [0.4, 0.5) is 10.1 Å². The third kappa shape index (κ3) is 3.21. The summed E-state index contributed by atoms with van der Waals surface area (Å²) in [5.74, 6) is -1.80. The maximum absolute atomic E-state index is 13.3. The number of ether oxygens (including phenoxy) is 1. The van der Waals surface area contributed by atoms with Gasteiger partial charge in [-0.1, -0.05) is 0 Å². The van der Waals surface area contributed by atoms with Crippen molar-refractivity contribution in [3.05, 3.63) is 64.3 Å². The van der Waals surface area contributed by atoms with Crippen molar-refractivity contribution < 1.29 is 23.5 Å². The number of Topliss-reactive ketones (excluding diaryl/α,β-unsaturated/α-hetero) is 1. The second-order valence-electron chi connectivity index (χ2n) is 6.31. The predicted molar refractivity (Wildman–Crippen MR) is 99.9 cm³/mol. The number of benzene rings is 2. The van der Waals surface area contributed by atoms with Gasteiger partial charge in [0.25, 0.3) is 0 Å². The highest BCUT2D eigenvalue weighted by Crippen LogP contribution is 2.33. The van der Waals surface area contributed by atoms with E-state index in [9.17, 15) is 18.8 Å². The van der Waals surface area contributed by atoms with Gasteiger partial charge < -0.3 is 10.1 Å². The van der Waals surface area contributed by atoms with Crippen LogP contribution in [-0.2, 0) is 9.53 Å². The molecule has 4 rings (SSSR count). The van der Waals surface area contributed by atoms with Crippen LogP contribution in [0.15, 0.2) is 42.5 Å². The minimum absolute atomic E-state index is 0.109. The van der Waals surface area contributed by atoms with Gasteiger partial charge in [-0.05, 0) is 60.3 Å². The summed E-state index contributed by atoms with van der Waals surface area (Å²) in [6.45, 7) is 1.36. The number of hydrogen-bond acceptors (Lipinski definition) is 5. The van der Waals surface area contributed by atoms with E-state index in [1.807, 2.05) is 0 Å². The van der Waals surface area contributed by atoms with Gasteiger partial charge in [-0.2, -0.15) is 0 Å². The molecule has 1 aliphatic rings.